The zero-order valence-electron chi connectivity index (χ0n) is 14.7. The number of carboxylic acids is 1. The normalized spacial score (nSPS) is 23.8. The van der Waals surface area contributed by atoms with Crippen LogP contribution >= 0.6 is 0 Å². The maximum Gasteiger partial charge on any atom is 0.308 e. The molecule has 134 valence electrons. The molecule has 2 aliphatic heterocycles. The van der Waals surface area contributed by atoms with Crippen molar-refractivity contribution in [1.82, 2.24) is 4.90 Å². The summed E-state index contributed by atoms with van der Waals surface area (Å²) in [6.07, 6.45) is 1.50. The van der Waals surface area contributed by atoms with Gasteiger partial charge in [0, 0.05) is 31.7 Å². The topological polar surface area (TPSA) is 77.9 Å². The van der Waals surface area contributed by atoms with Crippen LogP contribution in [0.3, 0.4) is 0 Å². The average molecular weight is 344 g/mol. The van der Waals surface area contributed by atoms with Crippen molar-refractivity contribution in [2.75, 3.05) is 24.5 Å². The summed E-state index contributed by atoms with van der Waals surface area (Å²) in [5.74, 6) is -1.87. The number of aryl methyl sites for hydroxylation is 2. The predicted octanol–water partition coefficient (Wildman–Crippen LogP) is 1.98. The highest BCUT2D eigenvalue weighted by Crippen LogP contribution is 2.30. The highest BCUT2D eigenvalue weighted by atomic mass is 16.4. The number of piperidine rings is 1. The SMILES string of the molecule is Cc1ccc(C)c(N2CC(C(=O)N3CCCC(C(=O)O)C3)CC2=O)c1. The quantitative estimate of drug-likeness (QED) is 0.909. The van der Waals surface area contributed by atoms with E-state index < -0.39 is 11.9 Å². The lowest BCUT2D eigenvalue weighted by Gasteiger charge is -2.32. The van der Waals surface area contributed by atoms with Gasteiger partial charge in [-0.2, -0.15) is 0 Å². The summed E-state index contributed by atoms with van der Waals surface area (Å²) in [7, 11) is 0. The van der Waals surface area contributed by atoms with Gasteiger partial charge in [-0.05, 0) is 43.9 Å². The number of aliphatic carboxylic acids is 1. The van der Waals surface area contributed by atoms with Crippen LogP contribution in [0.4, 0.5) is 5.69 Å². The summed E-state index contributed by atoms with van der Waals surface area (Å²) in [6.45, 7) is 5.14. The van der Waals surface area contributed by atoms with Crippen molar-refractivity contribution >= 4 is 23.5 Å². The smallest absolute Gasteiger partial charge is 0.308 e. The van der Waals surface area contributed by atoms with E-state index in [1.165, 1.54) is 0 Å². The number of hydrogen-bond acceptors (Lipinski definition) is 3. The van der Waals surface area contributed by atoms with Gasteiger partial charge in [0.1, 0.15) is 0 Å². The van der Waals surface area contributed by atoms with E-state index in [1.54, 1.807) is 9.80 Å². The second kappa shape index (κ2) is 6.86. The fourth-order valence-corrected chi connectivity index (χ4v) is 3.75. The molecule has 0 saturated carbocycles. The maximum absolute atomic E-state index is 12.8. The van der Waals surface area contributed by atoms with Gasteiger partial charge in [-0.3, -0.25) is 14.4 Å². The van der Waals surface area contributed by atoms with Gasteiger partial charge in [0.15, 0.2) is 0 Å². The first kappa shape index (κ1) is 17.5. The minimum atomic E-state index is -0.850. The fourth-order valence-electron chi connectivity index (χ4n) is 3.75. The maximum atomic E-state index is 12.8. The number of carbonyl (C=O) groups is 3. The van der Waals surface area contributed by atoms with Crippen LogP contribution in [-0.2, 0) is 14.4 Å². The second-order valence-electron chi connectivity index (χ2n) is 7.16. The Hall–Kier alpha value is -2.37. The van der Waals surface area contributed by atoms with Crippen molar-refractivity contribution in [3.63, 3.8) is 0 Å². The number of rotatable bonds is 3. The van der Waals surface area contributed by atoms with Crippen LogP contribution in [0.5, 0.6) is 0 Å². The average Bonchev–Trinajstić information content (AvgIpc) is 2.98. The van der Waals surface area contributed by atoms with Gasteiger partial charge >= 0.3 is 5.97 Å². The second-order valence-corrected chi connectivity index (χ2v) is 7.16. The molecular formula is C19H24N2O4. The molecule has 1 N–H and O–H groups in total. The van der Waals surface area contributed by atoms with Crippen molar-refractivity contribution in [2.45, 2.75) is 33.1 Å². The van der Waals surface area contributed by atoms with Gasteiger partial charge < -0.3 is 14.9 Å². The predicted molar refractivity (Wildman–Crippen MR) is 93.3 cm³/mol. The number of amides is 2. The van der Waals surface area contributed by atoms with E-state index in [1.807, 2.05) is 32.0 Å². The fraction of sp³-hybridized carbons (Fsp3) is 0.526. The van der Waals surface area contributed by atoms with Crippen molar-refractivity contribution < 1.29 is 19.5 Å². The first-order valence-corrected chi connectivity index (χ1v) is 8.76. The summed E-state index contributed by atoms with van der Waals surface area (Å²) in [5, 5.41) is 9.19. The van der Waals surface area contributed by atoms with Gasteiger partial charge in [-0.15, -0.1) is 0 Å². The van der Waals surface area contributed by atoms with Crippen LogP contribution in [0.15, 0.2) is 18.2 Å². The molecule has 3 rings (SSSR count). The minimum absolute atomic E-state index is 0.0427. The van der Waals surface area contributed by atoms with E-state index in [2.05, 4.69) is 0 Å². The molecule has 6 nitrogen and oxygen atoms in total. The lowest BCUT2D eigenvalue weighted by molar-refractivity contribution is -0.146. The molecule has 0 aromatic heterocycles. The molecule has 1 aromatic rings. The number of benzene rings is 1. The minimum Gasteiger partial charge on any atom is -0.481 e. The van der Waals surface area contributed by atoms with E-state index >= 15 is 0 Å². The van der Waals surface area contributed by atoms with Gasteiger partial charge in [-0.1, -0.05) is 12.1 Å². The summed E-state index contributed by atoms with van der Waals surface area (Å²) < 4.78 is 0. The van der Waals surface area contributed by atoms with Crippen molar-refractivity contribution in [2.24, 2.45) is 11.8 Å². The lowest BCUT2D eigenvalue weighted by Crippen LogP contribution is -2.45. The Labute approximate surface area is 147 Å². The molecule has 0 radical (unpaired) electrons. The Morgan fingerprint density at radius 1 is 1.16 bits per heavy atom. The Morgan fingerprint density at radius 2 is 1.92 bits per heavy atom. The zero-order valence-corrected chi connectivity index (χ0v) is 14.7. The molecule has 0 spiro atoms. The monoisotopic (exact) mass is 344 g/mol. The van der Waals surface area contributed by atoms with Crippen molar-refractivity contribution in [3.8, 4) is 0 Å². The largest absolute Gasteiger partial charge is 0.481 e. The molecule has 6 heteroatoms. The van der Waals surface area contributed by atoms with Crippen molar-refractivity contribution in [1.29, 1.82) is 0 Å². The number of carbonyl (C=O) groups excluding carboxylic acids is 2. The molecule has 0 aliphatic carbocycles. The number of anilines is 1. The summed E-state index contributed by atoms with van der Waals surface area (Å²) in [5.41, 5.74) is 2.95. The number of hydrogen-bond donors (Lipinski definition) is 1. The van der Waals surface area contributed by atoms with Crippen molar-refractivity contribution in [3.05, 3.63) is 29.3 Å². The molecule has 2 heterocycles. The molecule has 2 unspecified atom stereocenters. The third kappa shape index (κ3) is 3.52. The van der Waals surface area contributed by atoms with Gasteiger partial charge in [-0.25, -0.2) is 0 Å². The van der Waals surface area contributed by atoms with Crippen LogP contribution in [0, 0.1) is 25.7 Å². The zero-order chi connectivity index (χ0) is 18.1. The first-order chi connectivity index (χ1) is 11.9. The van der Waals surface area contributed by atoms with Gasteiger partial charge in [0.2, 0.25) is 11.8 Å². The highest BCUT2D eigenvalue weighted by Gasteiger charge is 2.39. The van der Waals surface area contributed by atoms with Crippen LogP contribution < -0.4 is 4.90 Å². The standard InChI is InChI=1S/C19H24N2O4/c1-12-5-6-13(2)16(8-12)21-11-15(9-17(21)22)18(23)20-7-3-4-14(10-20)19(24)25/h5-6,8,14-15H,3-4,7,9-11H2,1-2H3,(H,24,25). The van der Waals surface area contributed by atoms with E-state index in [0.29, 0.717) is 25.9 Å². The van der Waals surface area contributed by atoms with Crippen LogP contribution in [0.1, 0.15) is 30.4 Å². The Morgan fingerprint density at radius 3 is 2.64 bits per heavy atom. The molecule has 1 aromatic carbocycles. The molecule has 2 saturated heterocycles. The first-order valence-electron chi connectivity index (χ1n) is 8.76. The van der Waals surface area contributed by atoms with E-state index in [9.17, 15) is 19.5 Å². The number of carboxylic acid groups (broad SMARTS) is 1. The van der Waals surface area contributed by atoms with Crippen LogP contribution in [-0.4, -0.2) is 47.4 Å². The van der Waals surface area contributed by atoms with E-state index in [4.69, 9.17) is 0 Å². The number of likely N-dealkylation sites (tertiary alicyclic amines) is 1. The summed E-state index contributed by atoms with van der Waals surface area (Å²) >= 11 is 0. The Bertz CT molecular complexity index is 715. The Balaban J connectivity index is 1.72. The molecule has 25 heavy (non-hydrogen) atoms. The molecule has 0 bridgehead atoms. The van der Waals surface area contributed by atoms with Crippen LogP contribution in [0.25, 0.3) is 0 Å². The van der Waals surface area contributed by atoms with E-state index in [-0.39, 0.29) is 30.7 Å². The Kier molecular flexibility index (Phi) is 4.79. The lowest BCUT2D eigenvalue weighted by atomic mass is 9.96. The molecule has 2 atom stereocenters. The molecule has 2 aliphatic rings. The number of nitrogens with zero attached hydrogens (tertiary/aromatic N) is 2. The highest BCUT2D eigenvalue weighted by molar-refractivity contribution is 6.01. The third-order valence-corrected chi connectivity index (χ3v) is 5.21. The molecular weight excluding hydrogens is 320 g/mol. The van der Waals surface area contributed by atoms with E-state index in [0.717, 1.165) is 16.8 Å². The van der Waals surface area contributed by atoms with Gasteiger partial charge in [0.05, 0.1) is 11.8 Å². The van der Waals surface area contributed by atoms with Gasteiger partial charge in [0.25, 0.3) is 0 Å². The summed E-state index contributed by atoms with van der Waals surface area (Å²) in [6, 6.07) is 5.96. The summed E-state index contributed by atoms with van der Waals surface area (Å²) in [4.78, 5) is 39.8. The van der Waals surface area contributed by atoms with Crippen LogP contribution in [0.2, 0.25) is 0 Å². The third-order valence-electron chi connectivity index (χ3n) is 5.21. The molecule has 2 amide bonds. The molecule has 2 fully saturated rings.